The molecule has 4 nitrogen and oxygen atoms in total. The van der Waals surface area contributed by atoms with Crippen LogP contribution >= 0.6 is 0 Å². The molecule has 3 atom stereocenters. The first kappa shape index (κ1) is 10.9. The molecule has 0 radical (unpaired) electrons. The van der Waals surface area contributed by atoms with Crippen LogP contribution in [0.3, 0.4) is 0 Å². The molecular formula is C11H20N2O2. The summed E-state index contributed by atoms with van der Waals surface area (Å²) in [4.78, 5) is 13.6. The predicted octanol–water partition coefficient (Wildman–Crippen LogP) is 0.219. The SMILES string of the molecule is CCOCC(=O)N1CC2CCC(N)C2C1. The Morgan fingerprint density at radius 2 is 2.27 bits per heavy atom. The van der Waals surface area contributed by atoms with Crippen LogP contribution in [0.2, 0.25) is 0 Å². The van der Waals surface area contributed by atoms with Crippen LogP contribution < -0.4 is 5.73 Å². The minimum absolute atomic E-state index is 0.124. The molecule has 2 fully saturated rings. The number of amides is 1. The summed E-state index contributed by atoms with van der Waals surface area (Å²) in [5.41, 5.74) is 6.01. The van der Waals surface area contributed by atoms with E-state index in [0.717, 1.165) is 19.5 Å². The maximum Gasteiger partial charge on any atom is 0.248 e. The molecule has 1 saturated heterocycles. The van der Waals surface area contributed by atoms with Crippen molar-refractivity contribution < 1.29 is 9.53 Å². The van der Waals surface area contributed by atoms with E-state index in [1.807, 2.05) is 11.8 Å². The molecular weight excluding hydrogens is 192 g/mol. The number of nitrogens with zero attached hydrogens (tertiary/aromatic N) is 1. The van der Waals surface area contributed by atoms with Crippen molar-refractivity contribution in [3.05, 3.63) is 0 Å². The average Bonchev–Trinajstić information content (AvgIpc) is 2.78. The Morgan fingerprint density at radius 3 is 2.93 bits per heavy atom. The van der Waals surface area contributed by atoms with Gasteiger partial charge in [0.1, 0.15) is 6.61 Å². The van der Waals surface area contributed by atoms with Gasteiger partial charge in [-0.2, -0.15) is 0 Å². The molecule has 4 heteroatoms. The van der Waals surface area contributed by atoms with Crippen molar-refractivity contribution in [1.82, 2.24) is 4.90 Å². The third-order valence-corrected chi connectivity index (χ3v) is 3.69. The molecule has 1 saturated carbocycles. The monoisotopic (exact) mass is 212 g/mol. The number of ether oxygens (including phenoxy) is 1. The second-order valence-corrected chi connectivity index (χ2v) is 4.60. The zero-order valence-electron chi connectivity index (χ0n) is 9.32. The number of carbonyl (C=O) groups is 1. The Labute approximate surface area is 90.8 Å². The Kier molecular flexibility index (Phi) is 3.26. The number of nitrogens with two attached hydrogens (primary N) is 1. The number of carbonyl (C=O) groups excluding carboxylic acids is 1. The van der Waals surface area contributed by atoms with E-state index in [0.29, 0.717) is 24.5 Å². The molecule has 1 amide bonds. The highest BCUT2D eigenvalue weighted by atomic mass is 16.5. The van der Waals surface area contributed by atoms with Crippen LogP contribution in [0.5, 0.6) is 0 Å². The van der Waals surface area contributed by atoms with Gasteiger partial charge < -0.3 is 15.4 Å². The number of likely N-dealkylation sites (tertiary alicyclic amines) is 1. The van der Waals surface area contributed by atoms with Gasteiger partial charge in [0, 0.05) is 25.7 Å². The molecule has 2 aliphatic rings. The Balaban J connectivity index is 1.85. The fraction of sp³-hybridized carbons (Fsp3) is 0.909. The first-order chi connectivity index (χ1) is 7.22. The zero-order chi connectivity index (χ0) is 10.8. The van der Waals surface area contributed by atoms with Gasteiger partial charge in [-0.3, -0.25) is 4.79 Å². The van der Waals surface area contributed by atoms with Crippen molar-refractivity contribution >= 4 is 5.91 Å². The van der Waals surface area contributed by atoms with Gasteiger partial charge in [-0.1, -0.05) is 0 Å². The van der Waals surface area contributed by atoms with Crippen LogP contribution in [0.4, 0.5) is 0 Å². The van der Waals surface area contributed by atoms with Gasteiger partial charge in [-0.15, -0.1) is 0 Å². The second-order valence-electron chi connectivity index (χ2n) is 4.60. The van der Waals surface area contributed by atoms with Crippen molar-refractivity contribution in [3.8, 4) is 0 Å². The zero-order valence-corrected chi connectivity index (χ0v) is 9.32. The van der Waals surface area contributed by atoms with Crippen LogP contribution in [-0.2, 0) is 9.53 Å². The molecule has 0 bridgehead atoms. The summed E-state index contributed by atoms with van der Waals surface area (Å²) in [7, 11) is 0. The summed E-state index contributed by atoms with van der Waals surface area (Å²) < 4.78 is 5.13. The summed E-state index contributed by atoms with van der Waals surface area (Å²) in [6.07, 6.45) is 2.31. The van der Waals surface area contributed by atoms with Gasteiger partial charge in [0.25, 0.3) is 0 Å². The highest BCUT2D eigenvalue weighted by molar-refractivity contribution is 5.77. The molecule has 1 aliphatic carbocycles. The molecule has 2 N–H and O–H groups in total. The molecule has 0 aromatic rings. The Morgan fingerprint density at radius 1 is 1.47 bits per heavy atom. The molecule has 0 aromatic carbocycles. The average molecular weight is 212 g/mol. The third-order valence-electron chi connectivity index (χ3n) is 3.69. The Hall–Kier alpha value is -0.610. The number of rotatable bonds is 3. The van der Waals surface area contributed by atoms with Gasteiger partial charge in [0.05, 0.1) is 0 Å². The second kappa shape index (κ2) is 4.49. The van der Waals surface area contributed by atoms with Crippen molar-refractivity contribution in [2.24, 2.45) is 17.6 Å². The number of hydrogen-bond donors (Lipinski definition) is 1. The molecule has 0 aromatic heterocycles. The minimum atomic E-state index is 0.124. The van der Waals surface area contributed by atoms with E-state index in [4.69, 9.17) is 10.5 Å². The van der Waals surface area contributed by atoms with Gasteiger partial charge in [-0.25, -0.2) is 0 Å². The van der Waals surface area contributed by atoms with Crippen LogP contribution in [0.25, 0.3) is 0 Å². The van der Waals surface area contributed by atoms with Crippen LogP contribution in [0.1, 0.15) is 19.8 Å². The largest absolute Gasteiger partial charge is 0.372 e. The van der Waals surface area contributed by atoms with E-state index >= 15 is 0 Å². The lowest BCUT2D eigenvalue weighted by molar-refractivity contribution is -0.135. The highest BCUT2D eigenvalue weighted by Crippen LogP contribution is 2.36. The minimum Gasteiger partial charge on any atom is -0.372 e. The molecule has 2 rings (SSSR count). The molecule has 3 unspecified atom stereocenters. The van der Waals surface area contributed by atoms with Crippen molar-refractivity contribution in [3.63, 3.8) is 0 Å². The lowest BCUT2D eigenvalue weighted by Gasteiger charge is -2.18. The van der Waals surface area contributed by atoms with Crippen molar-refractivity contribution in [2.75, 3.05) is 26.3 Å². The Bertz CT molecular complexity index is 245. The van der Waals surface area contributed by atoms with Crippen molar-refractivity contribution in [1.29, 1.82) is 0 Å². The fourth-order valence-corrected chi connectivity index (χ4v) is 2.79. The third kappa shape index (κ3) is 2.16. The van der Waals surface area contributed by atoms with E-state index in [1.165, 1.54) is 6.42 Å². The smallest absolute Gasteiger partial charge is 0.248 e. The highest BCUT2D eigenvalue weighted by Gasteiger charge is 2.42. The standard InChI is InChI=1S/C11H20N2O2/c1-2-15-7-11(14)13-5-8-3-4-10(12)9(8)6-13/h8-10H,2-7,12H2,1H3. The van der Waals surface area contributed by atoms with Gasteiger partial charge in [0.15, 0.2) is 0 Å². The summed E-state index contributed by atoms with van der Waals surface area (Å²) in [6, 6.07) is 0.305. The van der Waals surface area contributed by atoms with E-state index in [9.17, 15) is 4.79 Å². The van der Waals surface area contributed by atoms with Crippen LogP contribution in [0, 0.1) is 11.8 Å². The molecule has 15 heavy (non-hydrogen) atoms. The lowest BCUT2D eigenvalue weighted by atomic mass is 9.98. The number of hydrogen-bond acceptors (Lipinski definition) is 3. The molecule has 1 heterocycles. The molecule has 1 aliphatic heterocycles. The van der Waals surface area contributed by atoms with E-state index < -0.39 is 0 Å². The van der Waals surface area contributed by atoms with E-state index in [2.05, 4.69) is 0 Å². The van der Waals surface area contributed by atoms with Gasteiger partial charge in [0.2, 0.25) is 5.91 Å². The van der Waals surface area contributed by atoms with Crippen LogP contribution in [0.15, 0.2) is 0 Å². The predicted molar refractivity (Wildman–Crippen MR) is 57.3 cm³/mol. The van der Waals surface area contributed by atoms with E-state index in [1.54, 1.807) is 0 Å². The molecule has 86 valence electrons. The first-order valence-electron chi connectivity index (χ1n) is 5.83. The summed E-state index contributed by atoms with van der Waals surface area (Å²) in [5.74, 6) is 1.31. The summed E-state index contributed by atoms with van der Waals surface area (Å²) >= 11 is 0. The van der Waals surface area contributed by atoms with Gasteiger partial charge in [-0.05, 0) is 31.6 Å². The normalized spacial score (nSPS) is 34.5. The first-order valence-corrected chi connectivity index (χ1v) is 5.83. The molecule has 0 spiro atoms. The number of fused-ring (bicyclic) bond motifs is 1. The fourth-order valence-electron chi connectivity index (χ4n) is 2.79. The summed E-state index contributed by atoms with van der Waals surface area (Å²) in [6.45, 7) is 4.47. The van der Waals surface area contributed by atoms with Crippen molar-refractivity contribution in [2.45, 2.75) is 25.8 Å². The quantitative estimate of drug-likeness (QED) is 0.728. The van der Waals surface area contributed by atoms with Crippen LogP contribution in [-0.4, -0.2) is 43.2 Å². The lowest BCUT2D eigenvalue weighted by Crippen LogP contribution is -2.35. The van der Waals surface area contributed by atoms with E-state index in [-0.39, 0.29) is 12.5 Å². The van der Waals surface area contributed by atoms with Gasteiger partial charge >= 0.3 is 0 Å². The summed E-state index contributed by atoms with van der Waals surface area (Å²) in [5, 5.41) is 0. The maximum absolute atomic E-state index is 11.7. The topological polar surface area (TPSA) is 55.6 Å². The maximum atomic E-state index is 11.7.